The average Bonchev–Trinajstić information content (AvgIpc) is 2.76. The Kier molecular flexibility index (Phi) is 4.64. The van der Waals surface area contributed by atoms with Crippen LogP contribution in [0.2, 0.25) is 5.02 Å². The van der Waals surface area contributed by atoms with Crippen LogP contribution in [-0.2, 0) is 0 Å². The molecule has 18 heavy (non-hydrogen) atoms. The smallest absolute Gasteiger partial charge is 0.224 e. The molecule has 1 fully saturated rings. The van der Waals surface area contributed by atoms with Crippen LogP contribution in [0.25, 0.3) is 0 Å². The summed E-state index contributed by atoms with van der Waals surface area (Å²) in [5.74, 6) is 2.19. The van der Waals surface area contributed by atoms with Crippen molar-refractivity contribution in [1.29, 1.82) is 0 Å². The van der Waals surface area contributed by atoms with Crippen LogP contribution in [-0.4, -0.2) is 22.6 Å². The van der Waals surface area contributed by atoms with Gasteiger partial charge in [0.05, 0.1) is 6.20 Å². The van der Waals surface area contributed by atoms with E-state index in [0.717, 1.165) is 24.7 Å². The van der Waals surface area contributed by atoms with E-state index < -0.39 is 0 Å². The van der Waals surface area contributed by atoms with Crippen LogP contribution in [0.3, 0.4) is 0 Å². The zero-order valence-corrected chi connectivity index (χ0v) is 11.8. The van der Waals surface area contributed by atoms with Gasteiger partial charge in [-0.05, 0) is 31.6 Å². The Bertz CT molecular complexity index is 397. The van der Waals surface area contributed by atoms with Crippen molar-refractivity contribution in [2.45, 2.75) is 45.6 Å². The van der Waals surface area contributed by atoms with Crippen molar-refractivity contribution in [3.8, 4) is 0 Å². The molecule has 1 saturated carbocycles. The third-order valence-electron chi connectivity index (χ3n) is 3.31. The minimum absolute atomic E-state index is 0.492. The zero-order chi connectivity index (χ0) is 13.0. The molecule has 0 aromatic carbocycles. The summed E-state index contributed by atoms with van der Waals surface area (Å²) in [6, 6.07) is 0.492. The van der Waals surface area contributed by atoms with Gasteiger partial charge in [-0.15, -0.1) is 0 Å². The van der Waals surface area contributed by atoms with Crippen molar-refractivity contribution in [2.75, 3.05) is 17.2 Å². The SMILES string of the molecule is CCCNc1ncc(Cl)c(NC2CCC(C)C2)n1. The molecule has 1 aliphatic carbocycles. The van der Waals surface area contributed by atoms with Gasteiger partial charge in [-0.2, -0.15) is 4.98 Å². The molecule has 4 nitrogen and oxygen atoms in total. The summed E-state index contributed by atoms with van der Waals surface area (Å²) in [7, 11) is 0. The summed E-state index contributed by atoms with van der Waals surface area (Å²) >= 11 is 6.13. The number of rotatable bonds is 5. The molecule has 2 N–H and O–H groups in total. The number of anilines is 2. The first-order valence-corrected chi connectivity index (χ1v) is 7.09. The van der Waals surface area contributed by atoms with Gasteiger partial charge in [-0.25, -0.2) is 4.98 Å². The van der Waals surface area contributed by atoms with E-state index in [1.807, 2.05) is 0 Å². The van der Waals surface area contributed by atoms with Crippen LogP contribution < -0.4 is 10.6 Å². The maximum atomic E-state index is 6.13. The van der Waals surface area contributed by atoms with E-state index >= 15 is 0 Å². The van der Waals surface area contributed by atoms with Crippen molar-refractivity contribution >= 4 is 23.4 Å². The van der Waals surface area contributed by atoms with Gasteiger partial charge in [0.1, 0.15) is 5.02 Å². The fourth-order valence-corrected chi connectivity index (χ4v) is 2.47. The molecule has 1 heterocycles. The highest BCUT2D eigenvalue weighted by Gasteiger charge is 2.22. The van der Waals surface area contributed by atoms with E-state index in [-0.39, 0.29) is 0 Å². The molecule has 2 atom stereocenters. The van der Waals surface area contributed by atoms with Gasteiger partial charge in [0.25, 0.3) is 0 Å². The Morgan fingerprint density at radius 3 is 2.94 bits per heavy atom. The Labute approximate surface area is 114 Å². The molecule has 0 spiro atoms. The van der Waals surface area contributed by atoms with Gasteiger partial charge in [-0.1, -0.05) is 25.4 Å². The summed E-state index contributed by atoms with van der Waals surface area (Å²) in [4.78, 5) is 8.60. The molecule has 2 unspecified atom stereocenters. The van der Waals surface area contributed by atoms with Crippen molar-refractivity contribution in [3.05, 3.63) is 11.2 Å². The average molecular weight is 269 g/mol. The maximum Gasteiger partial charge on any atom is 0.224 e. The largest absolute Gasteiger partial charge is 0.366 e. The van der Waals surface area contributed by atoms with Crippen molar-refractivity contribution in [3.63, 3.8) is 0 Å². The first kappa shape index (κ1) is 13.4. The summed E-state index contributed by atoms with van der Waals surface area (Å²) in [5, 5.41) is 7.20. The Balaban J connectivity index is 2.01. The fourth-order valence-electron chi connectivity index (χ4n) is 2.32. The second-order valence-corrected chi connectivity index (χ2v) is 5.48. The van der Waals surface area contributed by atoms with Gasteiger partial charge < -0.3 is 10.6 Å². The molecular formula is C13H21ClN4. The standard InChI is InChI=1S/C13H21ClN4/c1-3-6-15-13-16-8-11(14)12(18-13)17-10-5-4-9(2)7-10/h8-10H,3-7H2,1-2H3,(H2,15,16,17,18). The number of hydrogen-bond donors (Lipinski definition) is 2. The zero-order valence-electron chi connectivity index (χ0n) is 11.0. The van der Waals surface area contributed by atoms with E-state index in [1.165, 1.54) is 19.3 Å². The Morgan fingerprint density at radius 1 is 1.44 bits per heavy atom. The third kappa shape index (κ3) is 3.48. The van der Waals surface area contributed by atoms with E-state index in [2.05, 4.69) is 34.4 Å². The van der Waals surface area contributed by atoms with Crippen molar-refractivity contribution < 1.29 is 0 Å². The van der Waals surface area contributed by atoms with E-state index in [1.54, 1.807) is 6.20 Å². The second kappa shape index (κ2) is 6.23. The lowest BCUT2D eigenvalue weighted by atomic mass is 10.1. The number of nitrogens with zero attached hydrogens (tertiary/aromatic N) is 2. The van der Waals surface area contributed by atoms with Crippen LogP contribution in [0, 0.1) is 5.92 Å². The van der Waals surface area contributed by atoms with E-state index in [4.69, 9.17) is 11.6 Å². The predicted molar refractivity (Wildman–Crippen MR) is 76.2 cm³/mol. The monoisotopic (exact) mass is 268 g/mol. The minimum atomic E-state index is 0.492. The minimum Gasteiger partial charge on any atom is -0.366 e. The number of hydrogen-bond acceptors (Lipinski definition) is 4. The topological polar surface area (TPSA) is 49.8 Å². The summed E-state index contributed by atoms with van der Waals surface area (Å²) < 4.78 is 0. The highest BCUT2D eigenvalue weighted by molar-refractivity contribution is 6.32. The van der Waals surface area contributed by atoms with Crippen LogP contribution in [0.5, 0.6) is 0 Å². The summed E-state index contributed by atoms with van der Waals surface area (Å²) in [5.41, 5.74) is 0. The quantitative estimate of drug-likeness (QED) is 0.857. The molecule has 0 saturated heterocycles. The lowest BCUT2D eigenvalue weighted by Gasteiger charge is -2.15. The molecule has 0 radical (unpaired) electrons. The third-order valence-corrected chi connectivity index (χ3v) is 3.59. The molecule has 5 heteroatoms. The Morgan fingerprint density at radius 2 is 2.28 bits per heavy atom. The molecule has 0 bridgehead atoms. The molecule has 1 aromatic rings. The predicted octanol–water partition coefficient (Wildman–Crippen LogP) is 3.55. The molecule has 0 amide bonds. The number of halogens is 1. The number of nitrogens with one attached hydrogen (secondary N) is 2. The second-order valence-electron chi connectivity index (χ2n) is 5.08. The van der Waals surface area contributed by atoms with Crippen molar-refractivity contribution in [1.82, 2.24) is 9.97 Å². The fraction of sp³-hybridized carbons (Fsp3) is 0.692. The molecule has 1 aliphatic rings. The van der Waals surface area contributed by atoms with Crippen LogP contribution in [0.4, 0.5) is 11.8 Å². The maximum absolute atomic E-state index is 6.13. The molecule has 2 rings (SSSR count). The van der Waals surface area contributed by atoms with E-state index in [0.29, 0.717) is 17.0 Å². The van der Waals surface area contributed by atoms with Crippen LogP contribution in [0.15, 0.2) is 6.20 Å². The lowest BCUT2D eigenvalue weighted by Crippen LogP contribution is -2.17. The number of aromatic nitrogens is 2. The van der Waals surface area contributed by atoms with Crippen LogP contribution >= 0.6 is 11.6 Å². The Hall–Kier alpha value is -1.03. The van der Waals surface area contributed by atoms with Gasteiger partial charge in [0.2, 0.25) is 5.95 Å². The summed E-state index contributed by atoms with van der Waals surface area (Å²) in [6.07, 6.45) is 6.38. The van der Waals surface area contributed by atoms with Crippen molar-refractivity contribution in [2.24, 2.45) is 5.92 Å². The normalized spacial score (nSPS) is 23.1. The van der Waals surface area contributed by atoms with Crippen LogP contribution in [0.1, 0.15) is 39.5 Å². The van der Waals surface area contributed by atoms with Gasteiger partial charge in [0.15, 0.2) is 5.82 Å². The molecule has 1 aromatic heterocycles. The van der Waals surface area contributed by atoms with Gasteiger partial charge in [-0.3, -0.25) is 0 Å². The molecule has 100 valence electrons. The molecule has 0 aliphatic heterocycles. The molecular weight excluding hydrogens is 248 g/mol. The van der Waals surface area contributed by atoms with Gasteiger partial charge in [0, 0.05) is 12.6 Å². The first-order chi connectivity index (χ1) is 8.69. The highest BCUT2D eigenvalue weighted by Crippen LogP contribution is 2.29. The highest BCUT2D eigenvalue weighted by atomic mass is 35.5. The van der Waals surface area contributed by atoms with E-state index in [9.17, 15) is 0 Å². The summed E-state index contributed by atoms with van der Waals surface area (Å²) in [6.45, 7) is 5.28. The lowest BCUT2D eigenvalue weighted by molar-refractivity contribution is 0.602. The first-order valence-electron chi connectivity index (χ1n) is 6.72. The van der Waals surface area contributed by atoms with Gasteiger partial charge >= 0.3 is 0 Å².